The molecule has 0 aromatic carbocycles. The van der Waals surface area contributed by atoms with Crippen molar-refractivity contribution in [2.45, 2.75) is 64.5 Å². The molecule has 0 saturated carbocycles. The monoisotopic (exact) mass is 334 g/mol. The zero-order valence-corrected chi connectivity index (χ0v) is 14.9. The smallest absolute Gasteiger partial charge is 0.317 e. The number of ether oxygens (including phenoxy) is 1. The quantitative estimate of drug-likeness (QED) is 0.896. The average molecular weight is 334 g/mol. The van der Waals surface area contributed by atoms with Gasteiger partial charge in [0.1, 0.15) is 11.5 Å². The number of carbonyl (C=O) groups excluding carboxylic acids is 1. The van der Waals surface area contributed by atoms with Crippen LogP contribution in [0, 0.1) is 12.8 Å². The van der Waals surface area contributed by atoms with Crippen LogP contribution in [0.4, 0.5) is 4.79 Å². The minimum atomic E-state index is 0.0731. The van der Waals surface area contributed by atoms with E-state index in [0.29, 0.717) is 12.0 Å². The fourth-order valence-electron chi connectivity index (χ4n) is 3.80. The lowest BCUT2D eigenvalue weighted by molar-refractivity contribution is 0.0370. The van der Waals surface area contributed by atoms with Crippen molar-refractivity contribution in [3.05, 3.63) is 23.7 Å². The Bertz CT molecular complexity index is 528. The van der Waals surface area contributed by atoms with Crippen molar-refractivity contribution in [2.75, 3.05) is 19.7 Å². The first kappa shape index (κ1) is 17.3. The van der Waals surface area contributed by atoms with E-state index in [1.54, 1.807) is 0 Å². The van der Waals surface area contributed by atoms with Gasteiger partial charge in [-0.05, 0) is 64.0 Å². The lowest BCUT2D eigenvalue weighted by atomic mass is 9.90. The van der Waals surface area contributed by atoms with Crippen LogP contribution in [0.3, 0.4) is 0 Å². The van der Waals surface area contributed by atoms with Gasteiger partial charge in [0.2, 0.25) is 0 Å². The third kappa shape index (κ3) is 4.53. The third-order valence-corrected chi connectivity index (χ3v) is 5.31. The number of hydrogen-bond acceptors (Lipinski definition) is 3. The summed E-state index contributed by atoms with van der Waals surface area (Å²) in [6.45, 7) is 6.63. The largest absolute Gasteiger partial charge is 0.466 e. The molecule has 2 aliphatic rings. The predicted molar refractivity (Wildman–Crippen MR) is 93.0 cm³/mol. The molecule has 0 unspecified atom stereocenters. The Labute approximate surface area is 144 Å². The molecule has 5 nitrogen and oxygen atoms in total. The molecule has 0 bridgehead atoms. The maximum Gasteiger partial charge on any atom is 0.317 e. The zero-order valence-electron chi connectivity index (χ0n) is 14.9. The molecule has 0 radical (unpaired) electrons. The summed E-state index contributed by atoms with van der Waals surface area (Å²) in [4.78, 5) is 14.4. The number of amides is 2. The van der Waals surface area contributed by atoms with Gasteiger partial charge in [-0.2, -0.15) is 0 Å². The van der Waals surface area contributed by atoms with Crippen molar-refractivity contribution in [3.8, 4) is 0 Å². The number of nitrogens with one attached hydrogen (secondary N) is 1. The number of rotatable bonds is 5. The number of furan rings is 1. The normalized spacial score (nSPS) is 23.4. The molecule has 1 aromatic heterocycles. The number of urea groups is 1. The molecule has 2 fully saturated rings. The molecule has 2 saturated heterocycles. The van der Waals surface area contributed by atoms with Crippen LogP contribution in [-0.4, -0.2) is 42.8 Å². The fraction of sp³-hybridized carbons (Fsp3) is 0.737. The molecule has 1 aromatic rings. The molecule has 0 aliphatic carbocycles. The lowest BCUT2D eigenvalue weighted by Gasteiger charge is -2.35. The van der Waals surface area contributed by atoms with Crippen LogP contribution in [-0.2, 0) is 11.2 Å². The molecule has 24 heavy (non-hydrogen) atoms. The molecule has 3 heterocycles. The van der Waals surface area contributed by atoms with E-state index < -0.39 is 0 Å². The van der Waals surface area contributed by atoms with Crippen molar-refractivity contribution in [3.63, 3.8) is 0 Å². The van der Waals surface area contributed by atoms with Gasteiger partial charge in [-0.25, -0.2) is 4.79 Å². The number of likely N-dealkylation sites (tertiary alicyclic amines) is 1. The molecule has 2 aliphatic heterocycles. The molecular weight excluding hydrogens is 304 g/mol. The van der Waals surface area contributed by atoms with Gasteiger partial charge in [-0.15, -0.1) is 0 Å². The topological polar surface area (TPSA) is 54.7 Å². The Balaban J connectivity index is 1.37. The summed E-state index contributed by atoms with van der Waals surface area (Å²) in [5, 5.41) is 3.13. The van der Waals surface area contributed by atoms with Crippen LogP contribution >= 0.6 is 0 Å². The molecule has 5 heteroatoms. The summed E-state index contributed by atoms with van der Waals surface area (Å²) in [7, 11) is 0. The van der Waals surface area contributed by atoms with Crippen molar-refractivity contribution in [2.24, 2.45) is 5.92 Å². The highest BCUT2D eigenvalue weighted by molar-refractivity contribution is 5.74. The Kier molecular flexibility index (Phi) is 5.82. The van der Waals surface area contributed by atoms with E-state index in [1.165, 1.54) is 12.8 Å². The van der Waals surface area contributed by atoms with Crippen LogP contribution in [0.5, 0.6) is 0 Å². The molecule has 0 spiro atoms. The standard InChI is InChI=1S/C19H30N2O3/c1-14(5-7-17-8-6-15(2)24-17)20-19(22)21-11-9-16(10-12-21)18-4-3-13-23-18/h6,8,14,16,18H,3-5,7,9-13H2,1-2H3,(H,20,22)/t14-,18-/m1/s1. The fourth-order valence-corrected chi connectivity index (χ4v) is 3.80. The van der Waals surface area contributed by atoms with E-state index in [1.807, 2.05) is 24.0 Å². The summed E-state index contributed by atoms with van der Waals surface area (Å²) in [5.74, 6) is 2.57. The van der Waals surface area contributed by atoms with Crippen LogP contribution in [0.15, 0.2) is 16.5 Å². The van der Waals surface area contributed by atoms with Crippen molar-refractivity contribution in [1.82, 2.24) is 10.2 Å². The average Bonchev–Trinajstić information content (AvgIpc) is 3.25. The van der Waals surface area contributed by atoms with Gasteiger partial charge in [0.25, 0.3) is 0 Å². The zero-order chi connectivity index (χ0) is 16.9. The summed E-state index contributed by atoms with van der Waals surface area (Å²) >= 11 is 0. The van der Waals surface area contributed by atoms with E-state index in [0.717, 1.165) is 56.9 Å². The molecule has 3 rings (SSSR count). The van der Waals surface area contributed by atoms with Gasteiger partial charge in [0.05, 0.1) is 6.10 Å². The molecular formula is C19H30N2O3. The number of nitrogens with zero attached hydrogens (tertiary/aromatic N) is 1. The van der Waals surface area contributed by atoms with Crippen LogP contribution < -0.4 is 5.32 Å². The second-order valence-corrected chi connectivity index (χ2v) is 7.28. The van der Waals surface area contributed by atoms with Gasteiger partial charge in [0, 0.05) is 32.2 Å². The van der Waals surface area contributed by atoms with E-state index in [4.69, 9.17) is 9.15 Å². The molecule has 2 atom stereocenters. The first-order valence-electron chi connectivity index (χ1n) is 9.34. The number of piperidine rings is 1. The van der Waals surface area contributed by atoms with Gasteiger partial charge in [-0.1, -0.05) is 0 Å². The maximum absolute atomic E-state index is 12.4. The number of carbonyl (C=O) groups is 1. The third-order valence-electron chi connectivity index (χ3n) is 5.31. The van der Waals surface area contributed by atoms with Gasteiger partial charge in [0.15, 0.2) is 0 Å². The van der Waals surface area contributed by atoms with Crippen LogP contribution in [0.2, 0.25) is 0 Å². The van der Waals surface area contributed by atoms with Crippen LogP contribution in [0.1, 0.15) is 50.5 Å². The second kappa shape index (κ2) is 8.06. The maximum atomic E-state index is 12.4. The Hall–Kier alpha value is -1.49. The predicted octanol–water partition coefficient (Wildman–Crippen LogP) is 3.51. The summed E-state index contributed by atoms with van der Waals surface area (Å²) in [6, 6.07) is 4.22. The SMILES string of the molecule is Cc1ccc(CC[C@@H](C)NC(=O)N2CCC([C@H]3CCCO3)CC2)o1. The van der Waals surface area contributed by atoms with Gasteiger partial charge >= 0.3 is 6.03 Å². The highest BCUT2D eigenvalue weighted by atomic mass is 16.5. The highest BCUT2D eigenvalue weighted by Crippen LogP contribution is 2.28. The minimum Gasteiger partial charge on any atom is -0.466 e. The molecule has 134 valence electrons. The molecule has 1 N–H and O–H groups in total. The highest BCUT2D eigenvalue weighted by Gasteiger charge is 2.31. The van der Waals surface area contributed by atoms with Crippen molar-refractivity contribution >= 4 is 6.03 Å². The van der Waals surface area contributed by atoms with E-state index in [-0.39, 0.29) is 12.1 Å². The summed E-state index contributed by atoms with van der Waals surface area (Å²) in [5.41, 5.74) is 0. The summed E-state index contributed by atoms with van der Waals surface area (Å²) in [6.07, 6.45) is 6.71. The van der Waals surface area contributed by atoms with E-state index in [9.17, 15) is 4.79 Å². The summed E-state index contributed by atoms with van der Waals surface area (Å²) < 4.78 is 11.4. The first-order valence-corrected chi connectivity index (χ1v) is 9.34. The molecule has 2 amide bonds. The van der Waals surface area contributed by atoms with Gasteiger partial charge < -0.3 is 19.4 Å². The van der Waals surface area contributed by atoms with E-state index in [2.05, 4.69) is 12.2 Å². The lowest BCUT2D eigenvalue weighted by Crippen LogP contribution is -2.48. The van der Waals surface area contributed by atoms with Crippen LogP contribution in [0.25, 0.3) is 0 Å². The number of aryl methyl sites for hydroxylation is 2. The van der Waals surface area contributed by atoms with Crippen molar-refractivity contribution in [1.29, 1.82) is 0 Å². The minimum absolute atomic E-state index is 0.0731. The van der Waals surface area contributed by atoms with Gasteiger partial charge in [-0.3, -0.25) is 0 Å². The van der Waals surface area contributed by atoms with Crippen molar-refractivity contribution < 1.29 is 13.9 Å². The Morgan fingerprint density at radius 2 is 2.12 bits per heavy atom. The number of hydrogen-bond donors (Lipinski definition) is 1. The van der Waals surface area contributed by atoms with E-state index >= 15 is 0 Å². The first-order chi connectivity index (χ1) is 11.6. The Morgan fingerprint density at radius 3 is 2.75 bits per heavy atom. The Morgan fingerprint density at radius 1 is 1.33 bits per heavy atom. The second-order valence-electron chi connectivity index (χ2n) is 7.28.